The molecule has 3 heteroatoms. The topological polar surface area (TPSA) is 29.5 Å². The summed E-state index contributed by atoms with van der Waals surface area (Å²) in [5, 5.41) is 0. The van der Waals surface area contributed by atoms with Crippen LogP contribution in [0.2, 0.25) is 0 Å². The molecule has 0 aliphatic carbocycles. The lowest BCUT2D eigenvalue weighted by molar-refractivity contribution is 0.141. The standard InChI is InChI=1S/C22H31NO2/c1-3-5-6-7-8-9-13-17-20(14-4-2)23-21(18-25-22(23)24)19-15-11-10-12-16-19/h3-4,10-12,15-16,20-21H,1-2,5-9,13-14,17-18H2/t20-,21+/m1/s1. The summed E-state index contributed by atoms with van der Waals surface area (Å²) in [4.78, 5) is 14.3. The molecule has 1 fully saturated rings. The van der Waals surface area contributed by atoms with Crippen LogP contribution in [0.15, 0.2) is 55.6 Å². The van der Waals surface area contributed by atoms with Crippen LogP contribution < -0.4 is 0 Å². The van der Waals surface area contributed by atoms with Gasteiger partial charge in [-0.2, -0.15) is 0 Å². The predicted molar refractivity (Wildman–Crippen MR) is 103 cm³/mol. The summed E-state index contributed by atoms with van der Waals surface area (Å²) >= 11 is 0. The molecule has 136 valence electrons. The Morgan fingerprint density at radius 3 is 2.52 bits per heavy atom. The molecule has 1 aliphatic heterocycles. The van der Waals surface area contributed by atoms with Crippen LogP contribution in [0.1, 0.15) is 63.0 Å². The third-order valence-electron chi connectivity index (χ3n) is 4.87. The van der Waals surface area contributed by atoms with Gasteiger partial charge in [0.25, 0.3) is 0 Å². The predicted octanol–water partition coefficient (Wildman–Crippen LogP) is 6.04. The molecule has 0 spiro atoms. The summed E-state index contributed by atoms with van der Waals surface area (Å²) in [6.07, 6.45) is 12.7. The number of allylic oxidation sites excluding steroid dienone is 1. The molecule has 1 amide bonds. The molecule has 0 radical (unpaired) electrons. The Balaban J connectivity index is 1.91. The zero-order valence-corrected chi connectivity index (χ0v) is 15.2. The fourth-order valence-electron chi connectivity index (χ4n) is 3.53. The zero-order chi connectivity index (χ0) is 17.9. The number of hydrogen-bond acceptors (Lipinski definition) is 2. The first kappa shape index (κ1) is 19.3. The molecular weight excluding hydrogens is 310 g/mol. The van der Waals surface area contributed by atoms with Crippen molar-refractivity contribution in [3.05, 3.63) is 61.2 Å². The highest BCUT2D eigenvalue weighted by Gasteiger charge is 2.38. The number of unbranched alkanes of at least 4 members (excludes halogenated alkanes) is 5. The first-order valence-corrected chi connectivity index (χ1v) is 9.49. The van der Waals surface area contributed by atoms with Gasteiger partial charge in [0.1, 0.15) is 6.61 Å². The van der Waals surface area contributed by atoms with Gasteiger partial charge in [-0.25, -0.2) is 4.79 Å². The summed E-state index contributed by atoms with van der Waals surface area (Å²) < 4.78 is 5.37. The van der Waals surface area contributed by atoms with E-state index in [1.807, 2.05) is 35.3 Å². The summed E-state index contributed by atoms with van der Waals surface area (Å²) in [5.41, 5.74) is 1.15. The van der Waals surface area contributed by atoms with E-state index >= 15 is 0 Å². The van der Waals surface area contributed by atoms with E-state index in [2.05, 4.69) is 25.3 Å². The Bertz CT molecular complexity index is 540. The average molecular weight is 341 g/mol. The van der Waals surface area contributed by atoms with Crippen molar-refractivity contribution < 1.29 is 9.53 Å². The van der Waals surface area contributed by atoms with Gasteiger partial charge in [-0.1, -0.05) is 68.2 Å². The highest BCUT2D eigenvalue weighted by Crippen LogP contribution is 2.32. The van der Waals surface area contributed by atoms with Crippen molar-refractivity contribution in [2.45, 2.75) is 63.5 Å². The van der Waals surface area contributed by atoms with Crippen LogP contribution in [0, 0.1) is 0 Å². The molecule has 1 aliphatic rings. The normalized spacial score (nSPS) is 18.0. The van der Waals surface area contributed by atoms with E-state index < -0.39 is 0 Å². The zero-order valence-electron chi connectivity index (χ0n) is 15.2. The first-order chi connectivity index (χ1) is 12.3. The fraction of sp³-hybridized carbons (Fsp3) is 0.500. The van der Waals surface area contributed by atoms with Gasteiger partial charge >= 0.3 is 6.09 Å². The van der Waals surface area contributed by atoms with Crippen LogP contribution in [-0.2, 0) is 4.74 Å². The number of nitrogens with zero attached hydrogens (tertiary/aromatic N) is 1. The molecule has 0 bridgehead atoms. The molecule has 0 unspecified atom stereocenters. The summed E-state index contributed by atoms with van der Waals surface area (Å²) in [6, 6.07) is 10.4. The van der Waals surface area contributed by atoms with Gasteiger partial charge in [0.05, 0.1) is 6.04 Å². The number of cyclic esters (lactones) is 1. The van der Waals surface area contributed by atoms with Crippen molar-refractivity contribution in [3.8, 4) is 0 Å². The van der Waals surface area contributed by atoms with E-state index in [1.54, 1.807) is 0 Å². The van der Waals surface area contributed by atoms with Gasteiger partial charge < -0.3 is 4.74 Å². The number of benzene rings is 1. The van der Waals surface area contributed by atoms with Gasteiger partial charge in [-0.15, -0.1) is 13.2 Å². The maximum absolute atomic E-state index is 12.3. The number of rotatable bonds is 12. The van der Waals surface area contributed by atoms with E-state index in [-0.39, 0.29) is 18.2 Å². The first-order valence-electron chi connectivity index (χ1n) is 9.49. The summed E-state index contributed by atoms with van der Waals surface area (Å²) in [6.45, 7) is 8.09. The maximum Gasteiger partial charge on any atom is 0.410 e. The molecule has 0 N–H and O–H groups in total. The smallest absolute Gasteiger partial charge is 0.410 e. The maximum atomic E-state index is 12.3. The second-order valence-electron chi connectivity index (χ2n) is 6.72. The van der Waals surface area contributed by atoms with Crippen LogP contribution in [0.5, 0.6) is 0 Å². The van der Waals surface area contributed by atoms with Crippen LogP contribution in [0.4, 0.5) is 4.79 Å². The molecule has 1 heterocycles. The minimum atomic E-state index is -0.188. The van der Waals surface area contributed by atoms with Crippen molar-refractivity contribution in [1.82, 2.24) is 4.90 Å². The molecular formula is C22H31NO2. The number of ether oxygens (including phenoxy) is 1. The quantitative estimate of drug-likeness (QED) is 0.342. The van der Waals surface area contributed by atoms with Crippen LogP contribution in [-0.4, -0.2) is 23.6 Å². The van der Waals surface area contributed by atoms with E-state index in [9.17, 15) is 4.79 Å². The molecule has 0 saturated carbocycles. The largest absolute Gasteiger partial charge is 0.447 e. The van der Waals surface area contributed by atoms with Gasteiger partial charge in [0.15, 0.2) is 0 Å². The Hall–Kier alpha value is -2.03. The number of carbonyl (C=O) groups excluding carboxylic acids is 1. The van der Waals surface area contributed by atoms with Crippen molar-refractivity contribution in [2.24, 2.45) is 0 Å². The van der Waals surface area contributed by atoms with Gasteiger partial charge in [-0.05, 0) is 31.2 Å². The molecule has 2 rings (SSSR count). The van der Waals surface area contributed by atoms with Crippen LogP contribution in [0.25, 0.3) is 0 Å². The van der Waals surface area contributed by atoms with E-state index in [0.717, 1.165) is 31.2 Å². The van der Waals surface area contributed by atoms with Crippen molar-refractivity contribution in [2.75, 3.05) is 6.61 Å². The fourth-order valence-corrected chi connectivity index (χ4v) is 3.53. The lowest BCUT2D eigenvalue weighted by atomic mass is 9.99. The Morgan fingerprint density at radius 2 is 1.80 bits per heavy atom. The number of hydrogen-bond donors (Lipinski definition) is 0. The summed E-state index contributed by atoms with van der Waals surface area (Å²) in [7, 11) is 0. The highest BCUT2D eigenvalue weighted by atomic mass is 16.6. The van der Waals surface area contributed by atoms with E-state index in [1.165, 1.54) is 25.7 Å². The van der Waals surface area contributed by atoms with Gasteiger partial charge in [0, 0.05) is 6.04 Å². The minimum Gasteiger partial charge on any atom is -0.447 e. The summed E-state index contributed by atoms with van der Waals surface area (Å²) in [5.74, 6) is 0. The van der Waals surface area contributed by atoms with Crippen molar-refractivity contribution in [1.29, 1.82) is 0 Å². The molecule has 1 saturated heterocycles. The molecule has 1 aromatic carbocycles. The Labute approximate surface area is 152 Å². The molecule has 1 aromatic rings. The van der Waals surface area contributed by atoms with Crippen LogP contribution in [0.3, 0.4) is 0 Å². The second kappa shape index (κ2) is 10.8. The Morgan fingerprint density at radius 1 is 1.08 bits per heavy atom. The van der Waals surface area contributed by atoms with E-state index in [4.69, 9.17) is 4.74 Å². The average Bonchev–Trinajstić information content (AvgIpc) is 3.02. The van der Waals surface area contributed by atoms with Crippen molar-refractivity contribution >= 4 is 6.09 Å². The molecule has 2 atom stereocenters. The lowest BCUT2D eigenvalue weighted by Crippen LogP contribution is -2.37. The minimum absolute atomic E-state index is 0.0197. The Kier molecular flexibility index (Phi) is 8.30. The highest BCUT2D eigenvalue weighted by molar-refractivity contribution is 5.71. The SMILES string of the molecule is C=CCCCCCCC[C@@H](CC=C)N1C(=O)OC[C@H]1c1ccccc1. The molecule has 3 nitrogen and oxygen atoms in total. The lowest BCUT2D eigenvalue weighted by Gasteiger charge is -2.30. The second-order valence-corrected chi connectivity index (χ2v) is 6.72. The van der Waals surface area contributed by atoms with Gasteiger partial charge in [-0.3, -0.25) is 4.90 Å². The third-order valence-corrected chi connectivity index (χ3v) is 4.87. The molecule has 25 heavy (non-hydrogen) atoms. The van der Waals surface area contributed by atoms with Crippen LogP contribution >= 0.6 is 0 Å². The number of amides is 1. The number of carbonyl (C=O) groups is 1. The third kappa shape index (κ3) is 5.77. The van der Waals surface area contributed by atoms with Gasteiger partial charge in [0.2, 0.25) is 0 Å². The monoisotopic (exact) mass is 341 g/mol. The van der Waals surface area contributed by atoms with E-state index in [0.29, 0.717) is 6.61 Å². The molecule has 0 aromatic heterocycles. The van der Waals surface area contributed by atoms with Crippen molar-refractivity contribution in [3.63, 3.8) is 0 Å².